The second kappa shape index (κ2) is 13.7. The Morgan fingerprint density at radius 3 is 2.14 bits per heavy atom. The molecule has 0 radical (unpaired) electrons. The molecular weight excluding hydrogens is 621 g/mol. The van der Waals surface area contributed by atoms with Gasteiger partial charge in [-0.05, 0) is 87.8 Å². The summed E-state index contributed by atoms with van der Waals surface area (Å²) in [5, 5.41) is 7.69. The monoisotopic (exact) mass is 664 g/mol. The molecule has 0 spiro atoms. The van der Waals surface area contributed by atoms with Crippen molar-refractivity contribution >= 4 is 54.9 Å². The smallest absolute Gasteiger partial charge is 0.160 e. The summed E-state index contributed by atoms with van der Waals surface area (Å²) in [5.41, 5.74) is 9.75. The quantitative estimate of drug-likeness (QED) is 0.136. The molecule has 0 aliphatic carbocycles. The summed E-state index contributed by atoms with van der Waals surface area (Å²) < 4.78 is 2.37. The number of rotatable bonds is 10. The van der Waals surface area contributed by atoms with E-state index in [4.69, 9.17) is 9.97 Å². The Balaban J connectivity index is 1.18. The molecule has 1 aliphatic rings. The molecule has 0 N–H and O–H groups in total. The van der Waals surface area contributed by atoms with Crippen LogP contribution in [0.1, 0.15) is 57.4 Å². The van der Waals surface area contributed by atoms with Crippen LogP contribution in [0.25, 0.3) is 66.0 Å². The first kappa shape index (κ1) is 31.5. The molecule has 0 fully saturated rings. The number of pyridine rings is 1. The third-order valence-corrected chi connectivity index (χ3v) is 10.9. The van der Waals surface area contributed by atoms with Crippen LogP contribution in [0.3, 0.4) is 0 Å². The number of anilines is 2. The Bertz CT molecular complexity index is 2520. The zero-order chi connectivity index (χ0) is 34.1. The van der Waals surface area contributed by atoms with Gasteiger partial charge in [-0.1, -0.05) is 130 Å². The molecule has 0 bridgehead atoms. The molecule has 4 heteroatoms. The van der Waals surface area contributed by atoms with Crippen molar-refractivity contribution in [1.82, 2.24) is 14.5 Å². The van der Waals surface area contributed by atoms with E-state index in [0.29, 0.717) is 0 Å². The number of fused-ring (bicyclic) bond motifs is 6. The molecule has 0 atom stereocenters. The molecule has 3 heterocycles. The number of benzene rings is 6. The molecule has 252 valence electrons. The highest BCUT2D eigenvalue weighted by Crippen LogP contribution is 2.46. The lowest BCUT2D eigenvalue weighted by Gasteiger charge is -2.34. The molecule has 6 aromatic carbocycles. The maximum Gasteiger partial charge on any atom is 0.160 e. The summed E-state index contributed by atoms with van der Waals surface area (Å²) in [5.74, 6) is 1.01. The van der Waals surface area contributed by atoms with Crippen LogP contribution in [0.15, 0.2) is 128 Å². The third-order valence-electron chi connectivity index (χ3n) is 10.9. The Morgan fingerprint density at radius 2 is 1.29 bits per heavy atom. The van der Waals surface area contributed by atoms with E-state index in [1.165, 1.54) is 98.1 Å². The summed E-state index contributed by atoms with van der Waals surface area (Å²) >= 11 is 0. The number of aryl methyl sites for hydroxylation is 2. The van der Waals surface area contributed by atoms with Crippen molar-refractivity contribution in [2.24, 2.45) is 0 Å². The first-order valence-corrected chi connectivity index (χ1v) is 18.9. The van der Waals surface area contributed by atoms with E-state index >= 15 is 0 Å². The van der Waals surface area contributed by atoms with Gasteiger partial charge in [0.2, 0.25) is 0 Å². The van der Waals surface area contributed by atoms with Crippen LogP contribution in [0.4, 0.5) is 11.4 Å². The Hall–Kier alpha value is -5.48. The minimum atomic E-state index is 0.924. The highest BCUT2D eigenvalue weighted by molar-refractivity contribution is 6.13. The number of unbranched alkanes of at least 4 members (excludes halogenated alkanes) is 5. The van der Waals surface area contributed by atoms with Gasteiger partial charge in [0, 0.05) is 41.3 Å². The van der Waals surface area contributed by atoms with Crippen molar-refractivity contribution in [2.45, 2.75) is 64.8 Å². The Morgan fingerprint density at radius 1 is 0.608 bits per heavy atom. The molecule has 8 aromatic rings. The zero-order valence-corrected chi connectivity index (χ0v) is 29.5. The summed E-state index contributed by atoms with van der Waals surface area (Å²) in [7, 11) is 0. The largest absolute Gasteiger partial charge is 0.340 e. The summed E-state index contributed by atoms with van der Waals surface area (Å²) in [6.07, 6.45) is 11.6. The minimum Gasteiger partial charge on any atom is -0.340 e. The first-order valence-electron chi connectivity index (χ1n) is 18.9. The van der Waals surface area contributed by atoms with Crippen molar-refractivity contribution in [3.8, 4) is 22.5 Å². The maximum atomic E-state index is 5.23. The Labute approximate surface area is 300 Å². The first-order chi connectivity index (χ1) is 25.3. The van der Waals surface area contributed by atoms with Crippen LogP contribution in [-0.2, 0) is 13.0 Å². The lowest BCUT2D eigenvalue weighted by Crippen LogP contribution is -2.25. The predicted octanol–water partition coefficient (Wildman–Crippen LogP) is 12.7. The second-order valence-corrected chi connectivity index (χ2v) is 14.1. The number of hydrogen-bond donors (Lipinski definition) is 0. The van der Waals surface area contributed by atoms with Gasteiger partial charge < -0.3 is 9.47 Å². The fourth-order valence-corrected chi connectivity index (χ4v) is 8.53. The summed E-state index contributed by atoms with van der Waals surface area (Å²) in [6, 6.07) is 44.7. The molecule has 0 saturated carbocycles. The fraction of sp³-hybridized carbons (Fsp3) is 0.234. The summed E-state index contributed by atoms with van der Waals surface area (Å²) in [6.45, 7) is 4.21. The number of hydrogen-bond acceptors (Lipinski definition) is 3. The molecule has 0 saturated heterocycles. The molecule has 4 nitrogen and oxygen atoms in total. The SMILES string of the molecule is CCCCCCCCn1c(-c2ccc(-c3cc4c(c5ccccc35)N(c3cccc5ccccc35)CCC4)c3ccccc23)nc2cccnc21. The van der Waals surface area contributed by atoms with Gasteiger partial charge in [-0.25, -0.2) is 9.97 Å². The third kappa shape index (κ3) is 5.63. The van der Waals surface area contributed by atoms with E-state index in [1.807, 2.05) is 12.3 Å². The van der Waals surface area contributed by atoms with E-state index in [-0.39, 0.29) is 0 Å². The zero-order valence-electron chi connectivity index (χ0n) is 29.5. The van der Waals surface area contributed by atoms with E-state index < -0.39 is 0 Å². The average molecular weight is 665 g/mol. The molecule has 2 aromatic heterocycles. The van der Waals surface area contributed by atoms with Crippen molar-refractivity contribution in [3.63, 3.8) is 0 Å². The number of nitrogens with zero attached hydrogens (tertiary/aromatic N) is 4. The van der Waals surface area contributed by atoms with Gasteiger partial charge in [0.1, 0.15) is 11.3 Å². The van der Waals surface area contributed by atoms with Crippen LogP contribution in [0.5, 0.6) is 0 Å². The lowest BCUT2D eigenvalue weighted by molar-refractivity contribution is 0.565. The number of aromatic nitrogens is 3. The molecule has 1 aliphatic heterocycles. The van der Waals surface area contributed by atoms with Crippen molar-refractivity contribution < 1.29 is 0 Å². The normalized spacial score (nSPS) is 13.1. The standard InChI is InChI=1S/C47H44N4/c1-2-3-4-5-6-13-30-51-46(49-43-25-15-29-48-47(43)51)41-28-27-39(36-21-9-10-22-37(36)41)42-32-34-19-16-31-50(45(34)40-24-12-11-23-38(40)42)44-26-14-18-33-17-7-8-20-35(33)44/h7-12,14-15,17-18,20-29,32H,2-6,13,16,19,30-31H2,1H3. The molecule has 51 heavy (non-hydrogen) atoms. The molecule has 0 amide bonds. The van der Waals surface area contributed by atoms with Crippen LogP contribution in [-0.4, -0.2) is 21.1 Å². The summed E-state index contributed by atoms with van der Waals surface area (Å²) in [4.78, 5) is 12.6. The van der Waals surface area contributed by atoms with Gasteiger partial charge in [0.05, 0.1) is 5.69 Å². The molecule has 0 unspecified atom stereocenters. The van der Waals surface area contributed by atoms with E-state index in [9.17, 15) is 0 Å². The van der Waals surface area contributed by atoms with Crippen LogP contribution < -0.4 is 4.90 Å². The van der Waals surface area contributed by atoms with Crippen LogP contribution in [0, 0.1) is 0 Å². The average Bonchev–Trinajstić information content (AvgIpc) is 3.56. The molecule has 9 rings (SSSR count). The van der Waals surface area contributed by atoms with Crippen LogP contribution in [0.2, 0.25) is 0 Å². The van der Waals surface area contributed by atoms with Crippen molar-refractivity contribution in [2.75, 3.05) is 11.4 Å². The van der Waals surface area contributed by atoms with Crippen molar-refractivity contribution in [1.29, 1.82) is 0 Å². The van der Waals surface area contributed by atoms with Gasteiger partial charge in [0.15, 0.2) is 5.65 Å². The molecular formula is C47H44N4. The van der Waals surface area contributed by atoms with Gasteiger partial charge in [0.25, 0.3) is 0 Å². The fourth-order valence-electron chi connectivity index (χ4n) is 8.53. The van der Waals surface area contributed by atoms with E-state index in [2.05, 4.69) is 132 Å². The second-order valence-electron chi connectivity index (χ2n) is 14.1. The van der Waals surface area contributed by atoms with Gasteiger partial charge in [-0.15, -0.1) is 0 Å². The van der Waals surface area contributed by atoms with Gasteiger partial charge in [-0.2, -0.15) is 0 Å². The highest BCUT2D eigenvalue weighted by Gasteiger charge is 2.25. The lowest BCUT2D eigenvalue weighted by atomic mass is 9.87. The van der Waals surface area contributed by atoms with Gasteiger partial charge >= 0.3 is 0 Å². The topological polar surface area (TPSA) is 34.0 Å². The maximum absolute atomic E-state index is 5.23. The van der Waals surface area contributed by atoms with E-state index in [1.54, 1.807) is 0 Å². The van der Waals surface area contributed by atoms with Crippen molar-refractivity contribution in [3.05, 3.63) is 133 Å². The van der Waals surface area contributed by atoms with E-state index in [0.717, 1.165) is 49.3 Å². The van der Waals surface area contributed by atoms with Gasteiger partial charge in [-0.3, -0.25) is 0 Å². The minimum absolute atomic E-state index is 0.924. The predicted molar refractivity (Wildman–Crippen MR) is 216 cm³/mol. The Kier molecular flexibility index (Phi) is 8.45. The highest BCUT2D eigenvalue weighted by atomic mass is 15.1. The van der Waals surface area contributed by atoms with Crippen LogP contribution >= 0.6 is 0 Å². The number of imidazole rings is 1.